The molecule has 8 N–H and O–H groups in total. The minimum Gasteiger partial charge on any atom is -0.877 e. The van der Waals surface area contributed by atoms with E-state index in [4.69, 9.17) is 134 Å². The molecule has 56 heteroatoms. The fraction of sp³-hybridized carbons (Fsp3) is 0.280. The number of aliphatic imine (C=N–C) groups is 6. The number of aliphatic hydroxyl groups is 6. The zero-order chi connectivity index (χ0) is 78.5. The third-order valence-electron chi connectivity index (χ3n) is 7.98. The number of aliphatic hydroxyl groups excluding tert-OH is 6. The number of rotatable bonds is 18. The van der Waals surface area contributed by atoms with Gasteiger partial charge in [-0.25, -0.2) is 37.3 Å². The summed E-state index contributed by atoms with van der Waals surface area (Å²) in [7, 11) is -7.89. The molecule has 0 fully saturated rings. The molecule has 4 aromatic rings. The van der Waals surface area contributed by atoms with Crippen molar-refractivity contribution in [1.29, 1.82) is 0 Å². The van der Waals surface area contributed by atoms with E-state index >= 15 is 0 Å². The first-order valence-electron chi connectivity index (χ1n) is 24.5. The third-order valence-corrected chi connectivity index (χ3v) is 7.98. The molecule has 0 atom stereocenters. The van der Waals surface area contributed by atoms with Crippen LogP contribution in [0.4, 0.5) is 0 Å². The number of carbonyl (C=O) groups excluding carboxylic acids is 2. The van der Waals surface area contributed by atoms with Crippen LogP contribution in [-0.2, 0) is 98.9 Å². The molecule has 0 amide bonds. The predicted octanol–water partition coefficient (Wildman–Crippen LogP) is -5.42. The van der Waals surface area contributed by atoms with Crippen LogP contribution in [0.25, 0.3) is 95.8 Å². The quantitative estimate of drug-likeness (QED) is 0.0103. The Balaban J connectivity index is -0.0000000525. The maximum atomic E-state index is 12.0. The van der Waals surface area contributed by atoms with Crippen molar-refractivity contribution >= 4 is 49.9 Å². The van der Waals surface area contributed by atoms with E-state index in [0.29, 0.717) is 58.5 Å². The number of carbonyl (C=O) groups is 2. The molecule has 0 heterocycles. The number of hydrogen-bond acceptors (Lipinski definition) is 30. The van der Waals surface area contributed by atoms with Crippen LogP contribution in [0.5, 0.6) is 23.0 Å². The van der Waals surface area contributed by atoms with E-state index in [1.807, 2.05) is 13.8 Å². The molecule has 106 heavy (non-hydrogen) atoms. The summed E-state index contributed by atoms with van der Waals surface area (Å²) in [6, 6.07) is 13.2. The molecule has 0 aliphatic heterocycles. The van der Waals surface area contributed by atoms with Gasteiger partial charge in [-0.1, -0.05) is 59.4 Å². The molecule has 0 saturated heterocycles. The Hall–Kier alpha value is -8.72. The molecule has 0 aromatic heterocycles. The van der Waals surface area contributed by atoms with Crippen LogP contribution in [0.2, 0.25) is 0 Å². The van der Waals surface area contributed by atoms with Crippen molar-refractivity contribution < 1.29 is 239 Å². The molecule has 0 aliphatic carbocycles. The van der Waals surface area contributed by atoms with E-state index in [-0.39, 0.29) is 197 Å². The van der Waals surface area contributed by atoms with E-state index in [1.165, 1.54) is 78.9 Å². The molecule has 48 nitrogen and oxygen atoms in total. The monoisotopic (exact) mass is 1800 g/mol. The van der Waals surface area contributed by atoms with Crippen LogP contribution in [-0.4, -0.2) is 158 Å². The fourth-order valence-corrected chi connectivity index (χ4v) is 5.27. The molecule has 0 spiro atoms. The van der Waals surface area contributed by atoms with Gasteiger partial charge in [0.15, 0.2) is 0 Å². The van der Waals surface area contributed by atoms with E-state index in [9.17, 15) is 40.2 Å². The summed E-state index contributed by atoms with van der Waals surface area (Å²) in [5, 5.41) is 115. The second-order valence-corrected chi connectivity index (χ2v) is 16.3. The summed E-state index contributed by atoms with van der Waals surface area (Å²) >= 11 is 0. The standard InChI is InChI=1S/2C13H18N2O3.2C11H11NO3.2CH4O.2ClHO4.6N3.6Ni.2H2O/c2*1-10-6-11(8-14-2-4-16)13(18)12(7-10)9-15-3-5-17;2*1-8-4-9(6-12-2-3-13)11(15)10(5-8)7-14;2*1-2;2*2-1(3,4)5;6*1-3-2;;;;;;;;/h2*6-9,16-18H,2-5H2,1H3;2*2-7,13,15H,1H3;2*2H,1H3;2*(H,2,3,4,5);;;;;;;;;;;;;2*1H2/q;;;;;;;;6*-1;2*+2;4*+3;;/p-10/b;;2*3-2-,12-6?;;;;;;;;;;;;;;;;;;. The molecular weight excluding hydrogens is 1740 g/mol. The van der Waals surface area contributed by atoms with Gasteiger partial charge in [0.05, 0.1) is 52.6 Å². The first-order chi connectivity index (χ1) is 46.2. The SMILES string of the molecule is CO.CO.Cc1cc(C=NCCO)c([O-])c(C=NCCO)c1.Cc1cc(C=NCCO)c([O-])c(C=NCCO)c1.Cc1cc(C=O)c([O-])c(C=N/C=C\[O-])c1.Cc1cc(C=O)c([O-])c(C=N/C=C\[O-])c1.[N-]=[N+]=[N-].[N-]=[N+]=[N-].[N-]=[N+]=[N-].[N-]=[N+]=[N-].[N-]=[N+]=[N-].[N-]=[N+]=[N-].[Ni+2].[Ni+2].[Ni+3].[Ni+3].[Ni+3].[Ni+3].[O-][Cl+3]([O-])([O-])[O-].[O-][Cl+3]([O-])([O-])[O-].[OH-].[OH-]. The van der Waals surface area contributed by atoms with Crippen LogP contribution in [0, 0.1) is 48.2 Å². The summed E-state index contributed by atoms with van der Waals surface area (Å²) in [5.74, 6) is -1.05. The third kappa shape index (κ3) is 106. The summed E-state index contributed by atoms with van der Waals surface area (Å²) < 4.78 is 67.9. The van der Waals surface area contributed by atoms with Gasteiger partial charge in [-0.3, -0.25) is 69.0 Å². The van der Waals surface area contributed by atoms with Crippen molar-refractivity contribution in [3.63, 3.8) is 0 Å². The van der Waals surface area contributed by atoms with Gasteiger partial charge >= 0.3 is 98.9 Å². The molecule has 0 saturated carbocycles. The minimum absolute atomic E-state index is 0. The Morgan fingerprint density at radius 1 is 0.349 bits per heavy atom. The Morgan fingerprint density at radius 3 is 0.613 bits per heavy atom. The number of nitrogens with zero attached hydrogens (tertiary/aromatic N) is 24. The van der Waals surface area contributed by atoms with Crippen LogP contribution < -0.4 is 67.9 Å². The van der Waals surface area contributed by atoms with Crippen molar-refractivity contribution in [2.45, 2.75) is 27.7 Å². The van der Waals surface area contributed by atoms with Crippen molar-refractivity contribution in [2.75, 3.05) is 66.8 Å². The largest absolute Gasteiger partial charge is 3.00 e. The minimum atomic E-state index is -4.94. The maximum absolute atomic E-state index is 12.0. The van der Waals surface area contributed by atoms with Crippen molar-refractivity contribution in [2.24, 2.45) is 30.0 Å². The zero-order valence-electron chi connectivity index (χ0n) is 54.7. The van der Waals surface area contributed by atoms with Gasteiger partial charge in [-0.05, 0) is 95.5 Å². The van der Waals surface area contributed by atoms with E-state index < -0.39 is 20.5 Å². The van der Waals surface area contributed by atoms with Gasteiger partial charge in [0.25, 0.3) is 0 Å². The van der Waals surface area contributed by atoms with E-state index in [2.05, 4.69) is 30.0 Å². The Morgan fingerprint density at radius 2 is 0.481 bits per heavy atom. The second-order valence-electron chi connectivity index (χ2n) is 14.8. The van der Waals surface area contributed by atoms with Crippen LogP contribution in [0.15, 0.2) is 103 Å². The Labute approximate surface area is 667 Å². The molecule has 4 aromatic carbocycles. The maximum Gasteiger partial charge on any atom is 3.00 e. The van der Waals surface area contributed by atoms with Gasteiger partial charge in [0.1, 0.15) is 12.6 Å². The molecule has 4 rings (SSSR count). The number of hydrogen-bond donors (Lipinski definition) is 6. The van der Waals surface area contributed by atoms with Gasteiger partial charge in [0.2, 0.25) is 0 Å². The zero-order valence-corrected chi connectivity index (χ0v) is 62.1. The average molecular weight is 1810 g/mol. The van der Waals surface area contributed by atoms with Crippen LogP contribution in [0.3, 0.4) is 0 Å². The first kappa shape index (κ1) is 143. The number of aryl methyl sites for hydroxylation is 4. The van der Waals surface area contributed by atoms with Gasteiger partial charge in [-0.15, -0.1) is 33.0 Å². The smallest absolute Gasteiger partial charge is 0.877 e. The first-order valence-corrected chi connectivity index (χ1v) is 26.9. The van der Waals surface area contributed by atoms with Gasteiger partial charge in [0, 0.05) is 75.0 Å². The summed E-state index contributed by atoms with van der Waals surface area (Å²) in [4.78, 5) is 53.1. The summed E-state index contributed by atoms with van der Waals surface area (Å²) in [6.45, 7) is 8.26. The topological polar surface area (TPSA) is 965 Å². The summed E-state index contributed by atoms with van der Waals surface area (Å²) in [6.07, 6.45) is 12.5. The van der Waals surface area contributed by atoms with Crippen molar-refractivity contribution in [3.05, 3.63) is 236 Å². The number of halogens is 2. The van der Waals surface area contributed by atoms with Crippen LogP contribution >= 0.6 is 0 Å². The molecule has 4 radical (unpaired) electrons. The molecule has 0 unspecified atom stereocenters. The van der Waals surface area contributed by atoms with E-state index in [1.54, 1.807) is 50.2 Å². The molecule has 0 aliphatic rings. The molecular formula is C50H62Cl2N24Ni6O24. The van der Waals surface area contributed by atoms with Crippen molar-refractivity contribution in [3.8, 4) is 23.0 Å². The second kappa shape index (κ2) is 105. The number of benzene rings is 4. The van der Waals surface area contributed by atoms with E-state index in [0.717, 1.165) is 48.9 Å². The normalized spacial score (nSPS) is 8.87. The van der Waals surface area contributed by atoms with Gasteiger partial charge in [-0.2, -0.15) is 0 Å². The van der Waals surface area contributed by atoms with Crippen LogP contribution in [0.1, 0.15) is 76.4 Å². The number of aldehydes is 2. The Kier molecular flexibility index (Phi) is 142. The molecule has 600 valence electrons. The van der Waals surface area contributed by atoms with Gasteiger partial charge < -0.3 is 139 Å². The Bertz CT molecular complexity index is 2940. The average Bonchev–Trinajstić information content (AvgIpc) is 0.876. The predicted molar refractivity (Wildman–Crippen MR) is 326 cm³/mol. The summed E-state index contributed by atoms with van der Waals surface area (Å²) in [5.41, 5.74) is 87.2. The molecule has 0 bridgehead atoms. The fourth-order valence-electron chi connectivity index (χ4n) is 5.27. The van der Waals surface area contributed by atoms with Crippen molar-refractivity contribution in [1.82, 2.24) is 0 Å².